The van der Waals surface area contributed by atoms with E-state index in [2.05, 4.69) is 17.2 Å². The fourth-order valence-electron chi connectivity index (χ4n) is 5.74. The highest BCUT2D eigenvalue weighted by molar-refractivity contribution is 7.81. The number of aliphatic hydroxyl groups is 2. The fourth-order valence-corrected chi connectivity index (χ4v) is 6.08. The van der Waals surface area contributed by atoms with Gasteiger partial charge in [0, 0.05) is 5.92 Å². The lowest BCUT2D eigenvalue weighted by molar-refractivity contribution is -0.0611. The molecule has 0 aromatic rings. The molecule has 2 fully saturated rings. The van der Waals surface area contributed by atoms with Crippen molar-refractivity contribution in [2.24, 2.45) is 29.1 Å². The lowest BCUT2D eigenvalue weighted by Gasteiger charge is -2.51. The van der Waals surface area contributed by atoms with E-state index in [1.165, 1.54) is 0 Å². The SMILES string of the molecule is C[C@]12CC[C@H]3[C@@H](CC=C4C=C(OS(=O)(=O)O)C=C[C@@H]43)[C@@H]1C[C@H](O)[C@H]2O. The number of allylic oxidation sites excluding steroid dienone is 5. The van der Waals surface area contributed by atoms with Crippen molar-refractivity contribution in [3.8, 4) is 0 Å². The Hall–Kier alpha value is -1.15. The van der Waals surface area contributed by atoms with Crippen LogP contribution in [-0.4, -0.2) is 35.4 Å². The molecule has 0 bridgehead atoms. The average Bonchev–Trinajstić information content (AvgIpc) is 2.76. The lowest BCUT2D eigenvalue weighted by Crippen LogP contribution is -2.46. The van der Waals surface area contributed by atoms with Crippen molar-refractivity contribution in [1.82, 2.24) is 0 Å². The maximum atomic E-state index is 10.9. The topological polar surface area (TPSA) is 104 Å². The molecule has 0 aromatic heterocycles. The Morgan fingerprint density at radius 2 is 2.04 bits per heavy atom. The summed E-state index contributed by atoms with van der Waals surface area (Å²) in [4.78, 5) is 0. The van der Waals surface area contributed by atoms with E-state index in [-0.39, 0.29) is 17.1 Å². The summed E-state index contributed by atoms with van der Waals surface area (Å²) in [5.74, 6) is 1.42. The monoisotopic (exact) mass is 368 g/mol. The highest BCUT2D eigenvalue weighted by Gasteiger charge is 2.58. The van der Waals surface area contributed by atoms with Crippen LogP contribution < -0.4 is 0 Å². The molecule has 4 aliphatic carbocycles. The van der Waals surface area contributed by atoms with Gasteiger partial charge in [0.25, 0.3) is 0 Å². The second-order valence-electron chi connectivity index (χ2n) is 8.11. The molecule has 0 heterocycles. The maximum absolute atomic E-state index is 10.9. The van der Waals surface area contributed by atoms with Crippen molar-refractivity contribution >= 4 is 10.4 Å². The molecule has 7 atom stereocenters. The number of fused-ring (bicyclic) bond motifs is 5. The number of rotatable bonds is 2. The third-order valence-electron chi connectivity index (χ3n) is 6.92. The Morgan fingerprint density at radius 3 is 2.76 bits per heavy atom. The molecule has 4 aliphatic rings. The molecule has 2 saturated carbocycles. The smallest absolute Gasteiger partial charge is 0.390 e. The highest BCUT2D eigenvalue weighted by Crippen LogP contribution is 2.60. The van der Waals surface area contributed by atoms with E-state index in [0.29, 0.717) is 24.2 Å². The zero-order valence-electron chi connectivity index (χ0n) is 14.1. The van der Waals surface area contributed by atoms with Crippen LogP contribution >= 0.6 is 0 Å². The van der Waals surface area contributed by atoms with Gasteiger partial charge in [-0.15, -0.1) is 0 Å². The first-order chi connectivity index (χ1) is 11.7. The van der Waals surface area contributed by atoms with E-state index in [4.69, 9.17) is 4.55 Å². The molecule has 25 heavy (non-hydrogen) atoms. The van der Waals surface area contributed by atoms with Gasteiger partial charge in [-0.05, 0) is 66.6 Å². The van der Waals surface area contributed by atoms with Crippen LogP contribution in [0.1, 0.15) is 32.6 Å². The molecule has 0 spiro atoms. The molecule has 0 aliphatic heterocycles. The zero-order chi connectivity index (χ0) is 18.0. The fraction of sp³-hybridized carbons (Fsp3) is 0.667. The second-order valence-corrected chi connectivity index (χ2v) is 9.13. The summed E-state index contributed by atoms with van der Waals surface area (Å²) in [6.07, 6.45) is 9.38. The van der Waals surface area contributed by atoms with Crippen LogP contribution in [0.15, 0.2) is 35.6 Å². The summed E-state index contributed by atoms with van der Waals surface area (Å²) in [5, 5.41) is 20.6. The predicted molar refractivity (Wildman–Crippen MR) is 90.5 cm³/mol. The third-order valence-corrected chi connectivity index (χ3v) is 7.32. The van der Waals surface area contributed by atoms with Crippen LogP contribution in [0.5, 0.6) is 0 Å². The van der Waals surface area contributed by atoms with Crippen LogP contribution in [0.3, 0.4) is 0 Å². The van der Waals surface area contributed by atoms with Crippen molar-refractivity contribution in [2.45, 2.75) is 44.8 Å². The third kappa shape index (κ3) is 2.77. The molecule has 3 N–H and O–H groups in total. The highest BCUT2D eigenvalue weighted by atomic mass is 32.3. The molecule has 0 unspecified atom stereocenters. The Labute approximate surface area is 147 Å². The van der Waals surface area contributed by atoms with Gasteiger partial charge in [-0.1, -0.05) is 19.1 Å². The largest absolute Gasteiger partial charge is 0.446 e. The maximum Gasteiger partial charge on any atom is 0.446 e. The first-order valence-electron chi connectivity index (χ1n) is 8.82. The summed E-state index contributed by atoms with van der Waals surface area (Å²) in [6.45, 7) is 2.10. The second kappa shape index (κ2) is 5.67. The first kappa shape index (κ1) is 17.3. The van der Waals surface area contributed by atoms with Crippen molar-refractivity contribution in [1.29, 1.82) is 0 Å². The van der Waals surface area contributed by atoms with Crippen molar-refractivity contribution < 1.29 is 27.4 Å². The van der Waals surface area contributed by atoms with Crippen molar-refractivity contribution in [3.63, 3.8) is 0 Å². The van der Waals surface area contributed by atoms with Crippen molar-refractivity contribution in [3.05, 3.63) is 35.6 Å². The van der Waals surface area contributed by atoms with Crippen LogP contribution in [-0.2, 0) is 14.6 Å². The first-order valence-corrected chi connectivity index (χ1v) is 10.2. The Bertz CT molecular complexity index is 766. The minimum atomic E-state index is -4.52. The van der Waals surface area contributed by atoms with Crippen molar-refractivity contribution in [2.75, 3.05) is 0 Å². The molecular formula is C18H24O6S. The van der Waals surface area contributed by atoms with E-state index >= 15 is 0 Å². The van der Waals surface area contributed by atoms with Gasteiger partial charge < -0.3 is 14.4 Å². The molecule has 0 saturated heterocycles. The molecular weight excluding hydrogens is 344 g/mol. The number of hydrogen-bond donors (Lipinski definition) is 3. The summed E-state index contributed by atoms with van der Waals surface area (Å²) in [7, 11) is -4.52. The Morgan fingerprint density at radius 1 is 1.28 bits per heavy atom. The van der Waals surface area contributed by atoms with Gasteiger partial charge in [0.1, 0.15) is 5.76 Å². The summed E-state index contributed by atoms with van der Waals surface area (Å²) in [6, 6.07) is 0. The van der Waals surface area contributed by atoms with Gasteiger partial charge >= 0.3 is 10.4 Å². The van der Waals surface area contributed by atoms with E-state index in [1.807, 2.05) is 6.08 Å². The van der Waals surface area contributed by atoms with Gasteiger partial charge in [0.05, 0.1) is 12.2 Å². The van der Waals surface area contributed by atoms with Gasteiger partial charge in [-0.3, -0.25) is 4.55 Å². The summed E-state index contributed by atoms with van der Waals surface area (Å²) >= 11 is 0. The molecule has 6 nitrogen and oxygen atoms in total. The van der Waals surface area contributed by atoms with Crippen LogP contribution in [0.4, 0.5) is 0 Å². The van der Waals surface area contributed by atoms with Gasteiger partial charge in [-0.2, -0.15) is 8.42 Å². The predicted octanol–water partition coefficient (Wildman–Crippen LogP) is 1.98. The van der Waals surface area contributed by atoms with E-state index in [9.17, 15) is 18.6 Å². The van der Waals surface area contributed by atoms with E-state index in [0.717, 1.165) is 24.8 Å². The summed E-state index contributed by atoms with van der Waals surface area (Å²) < 4.78 is 35.2. The molecule has 0 aromatic carbocycles. The van der Waals surface area contributed by atoms with E-state index in [1.54, 1.807) is 12.2 Å². The molecule has 4 rings (SSSR count). The molecule has 138 valence electrons. The molecule has 7 heteroatoms. The minimum absolute atomic E-state index is 0.121. The lowest BCUT2D eigenvalue weighted by atomic mass is 9.54. The summed E-state index contributed by atoms with van der Waals surface area (Å²) in [5.41, 5.74) is 0.796. The Kier molecular flexibility index (Phi) is 3.92. The zero-order valence-corrected chi connectivity index (χ0v) is 14.9. The molecule has 0 amide bonds. The van der Waals surface area contributed by atoms with Crippen LogP contribution in [0.25, 0.3) is 0 Å². The molecule has 0 radical (unpaired) electrons. The van der Waals surface area contributed by atoms with Gasteiger partial charge in [0.2, 0.25) is 0 Å². The van der Waals surface area contributed by atoms with Crippen LogP contribution in [0.2, 0.25) is 0 Å². The number of hydrogen-bond acceptors (Lipinski definition) is 5. The minimum Gasteiger partial charge on any atom is -0.390 e. The van der Waals surface area contributed by atoms with Gasteiger partial charge in [-0.25, -0.2) is 0 Å². The quantitative estimate of drug-likeness (QED) is 0.644. The number of aliphatic hydroxyl groups excluding tert-OH is 2. The Balaban J connectivity index is 1.61. The van der Waals surface area contributed by atoms with Gasteiger partial charge in [0.15, 0.2) is 0 Å². The average molecular weight is 368 g/mol. The van der Waals surface area contributed by atoms with E-state index < -0.39 is 22.6 Å². The normalized spacial score (nSPS) is 45.8. The standard InChI is InChI=1S/C18H24O6S/c1-18-7-6-13-12-5-3-11(24-25(21,22)23)8-10(12)2-4-14(13)15(18)9-16(19)17(18)20/h2-3,5,8,12-17,19-20H,4,6-7,9H2,1H3,(H,21,22,23)/t12-,13+,14+,15-,16-,17+,18-/m0/s1. The van der Waals surface area contributed by atoms with Crippen LogP contribution in [0, 0.1) is 29.1 Å².